The SMILES string of the molecule is CCc1ccc(NC(=O)c2cc(-c3ccc(Cl)c(Cl)c3)on2)cc1. The lowest BCUT2D eigenvalue weighted by atomic mass is 10.1. The third-order valence-electron chi connectivity index (χ3n) is 3.57. The first kappa shape index (κ1) is 16.6. The molecule has 3 rings (SSSR count). The van der Waals surface area contributed by atoms with Crippen molar-refractivity contribution in [2.75, 3.05) is 5.32 Å². The molecule has 0 spiro atoms. The fourth-order valence-corrected chi connectivity index (χ4v) is 2.48. The molecule has 1 amide bonds. The Kier molecular flexibility index (Phi) is 4.88. The van der Waals surface area contributed by atoms with Gasteiger partial charge >= 0.3 is 0 Å². The van der Waals surface area contributed by atoms with E-state index in [0.29, 0.717) is 27.1 Å². The Labute approximate surface area is 149 Å². The Morgan fingerprint density at radius 2 is 1.83 bits per heavy atom. The highest BCUT2D eigenvalue weighted by Crippen LogP contribution is 2.29. The molecular weight excluding hydrogens is 347 g/mol. The van der Waals surface area contributed by atoms with Crippen LogP contribution in [0.4, 0.5) is 5.69 Å². The molecule has 0 aliphatic heterocycles. The number of hydrogen-bond acceptors (Lipinski definition) is 3. The molecule has 0 saturated heterocycles. The second-order valence-corrected chi connectivity index (χ2v) is 6.02. The first-order valence-corrected chi connectivity index (χ1v) is 8.15. The molecule has 0 bridgehead atoms. The van der Waals surface area contributed by atoms with Gasteiger partial charge in [-0.05, 0) is 42.3 Å². The van der Waals surface area contributed by atoms with E-state index in [2.05, 4.69) is 17.4 Å². The van der Waals surface area contributed by atoms with Gasteiger partial charge < -0.3 is 9.84 Å². The van der Waals surface area contributed by atoms with Crippen LogP contribution in [0.1, 0.15) is 23.0 Å². The lowest BCUT2D eigenvalue weighted by Crippen LogP contribution is -2.12. The smallest absolute Gasteiger partial charge is 0.277 e. The minimum atomic E-state index is -0.339. The van der Waals surface area contributed by atoms with Crippen LogP contribution in [0.2, 0.25) is 10.0 Å². The molecule has 3 aromatic rings. The summed E-state index contributed by atoms with van der Waals surface area (Å²) >= 11 is 11.9. The predicted molar refractivity (Wildman–Crippen MR) is 95.7 cm³/mol. The first-order chi connectivity index (χ1) is 11.6. The molecule has 0 fully saturated rings. The third-order valence-corrected chi connectivity index (χ3v) is 4.31. The fourth-order valence-electron chi connectivity index (χ4n) is 2.19. The maximum absolute atomic E-state index is 12.3. The van der Waals surface area contributed by atoms with E-state index in [9.17, 15) is 4.79 Å². The lowest BCUT2D eigenvalue weighted by molar-refractivity contribution is 0.101. The molecule has 0 radical (unpaired) electrons. The minimum Gasteiger partial charge on any atom is -0.355 e. The number of anilines is 1. The summed E-state index contributed by atoms with van der Waals surface area (Å²) in [4.78, 5) is 12.3. The van der Waals surface area contributed by atoms with Gasteiger partial charge in [-0.2, -0.15) is 0 Å². The van der Waals surface area contributed by atoms with Crippen molar-refractivity contribution >= 4 is 34.8 Å². The monoisotopic (exact) mass is 360 g/mol. The van der Waals surface area contributed by atoms with Gasteiger partial charge in [0.15, 0.2) is 11.5 Å². The molecule has 0 aliphatic carbocycles. The van der Waals surface area contributed by atoms with Gasteiger partial charge in [0.2, 0.25) is 0 Å². The zero-order valence-electron chi connectivity index (χ0n) is 12.8. The van der Waals surface area contributed by atoms with Gasteiger partial charge in [-0.1, -0.05) is 47.4 Å². The average Bonchev–Trinajstić information content (AvgIpc) is 3.08. The highest BCUT2D eigenvalue weighted by atomic mass is 35.5. The van der Waals surface area contributed by atoms with Crippen LogP contribution >= 0.6 is 23.2 Å². The maximum atomic E-state index is 12.3. The zero-order valence-corrected chi connectivity index (χ0v) is 14.4. The number of carbonyl (C=O) groups is 1. The van der Waals surface area contributed by atoms with E-state index in [4.69, 9.17) is 27.7 Å². The predicted octanol–water partition coefficient (Wildman–Crippen LogP) is 5.46. The summed E-state index contributed by atoms with van der Waals surface area (Å²) in [6, 6.07) is 14.3. The number of hydrogen-bond donors (Lipinski definition) is 1. The van der Waals surface area contributed by atoms with Crippen molar-refractivity contribution in [1.29, 1.82) is 0 Å². The van der Waals surface area contributed by atoms with Crippen LogP contribution in [-0.4, -0.2) is 11.1 Å². The summed E-state index contributed by atoms with van der Waals surface area (Å²) in [6.45, 7) is 2.08. The van der Waals surface area contributed by atoms with Crippen LogP contribution in [0.3, 0.4) is 0 Å². The number of benzene rings is 2. The van der Waals surface area contributed by atoms with Crippen LogP contribution < -0.4 is 5.32 Å². The average molecular weight is 361 g/mol. The summed E-state index contributed by atoms with van der Waals surface area (Å²) in [6.07, 6.45) is 0.949. The standard InChI is InChI=1S/C18H14Cl2N2O2/c1-2-11-3-6-13(7-4-11)21-18(23)16-10-17(24-22-16)12-5-8-14(19)15(20)9-12/h3-10H,2H2,1H3,(H,21,23). The first-order valence-electron chi connectivity index (χ1n) is 7.39. The molecule has 0 atom stereocenters. The van der Waals surface area contributed by atoms with E-state index in [1.54, 1.807) is 24.3 Å². The number of carbonyl (C=O) groups excluding carboxylic acids is 1. The van der Waals surface area contributed by atoms with Crippen molar-refractivity contribution in [3.05, 3.63) is 69.8 Å². The summed E-state index contributed by atoms with van der Waals surface area (Å²) in [5, 5.41) is 7.46. The van der Waals surface area contributed by atoms with Crippen LogP contribution in [0.25, 0.3) is 11.3 Å². The van der Waals surface area contributed by atoms with Gasteiger partial charge in [0.1, 0.15) is 0 Å². The van der Waals surface area contributed by atoms with Crippen LogP contribution in [0, 0.1) is 0 Å². The van der Waals surface area contributed by atoms with Gasteiger partial charge in [0, 0.05) is 17.3 Å². The zero-order chi connectivity index (χ0) is 17.1. The van der Waals surface area contributed by atoms with E-state index < -0.39 is 0 Å². The quantitative estimate of drug-likeness (QED) is 0.671. The van der Waals surface area contributed by atoms with Crippen molar-refractivity contribution in [3.63, 3.8) is 0 Å². The van der Waals surface area contributed by atoms with Crippen LogP contribution in [0.15, 0.2) is 53.1 Å². The van der Waals surface area contributed by atoms with Gasteiger partial charge in [0.25, 0.3) is 5.91 Å². The van der Waals surface area contributed by atoms with E-state index in [-0.39, 0.29) is 11.6 Å². The molecule has 24 heavy (non-hydrogen) atoms. The van der Waals surface area contributed by atoms with Crippen LogP contribution in [-0.2, 0) is 6.42 Å². The molecule has 1 aromatic heterocycles. The Balaban J connectivity index is 1.76. The summed E-state index contributed by atoms with van der Waals surface area (Å²) < 4.78 is 5.23. The topological polar surface area (TPSA) is 55.1 Å². The Morgan fingerprint density at radius 3 is 2.50 bits per heavy atom. The second-order valence-electron chi connectivity index (χ2n) is 5.21. The largest absolute Gasteiger partial charge is 0.355 e. The molecule has 1 heterocycles. The number of aromatic nitrogens is 1. The van der Waals surface area contributed by atoms with Crippen molar-refractivity contribution in [3.8, 4) is 11.3 Å². The number of nitrogens with one attached hydrogen (secondary N) is 1. The molecule has 0 aliphatic rings. The van der Waals surface area contributed by atoms with Crippen molar-refractivity contribution in [2.24, 2.45) is 0 Å². The molecule has 122 valence electrons. The second kappa shape index (κ2) is 7.07. The molecular formula is C18H14Cl2N2O2. The molecule has 4 nitrogen and oxygen atoms in total. The van der Waals surface area contributed by atoms with Gasteiger partial charge in [-0.3, -0.25) is 4.79 Å². The number of nitrogens with zero attached hydrogens (tertiary/aromatic N) is 1. The normalized spacial score (nSPS) is 10.6. The third kappa shape index (κ3) is 3.61. The van der Waals surface area contributed by atoms with Gasteiger partial charge in [0.05, 0.1) is 10.0 Å². The lowest BCUT2D eigenvalue weighted by Gasteiger charge is -2.03. The maximum Gasteiger partial charge on any atom is 0.277 e. The Bertz CT molecular complexity index is 873. The van der Waals surface area contributed by atoms with Crippen LogP contribution in [0.5, 0.6) is 0 Å². The Hall–Kier alpha value is -2.30. The van der Waals surface area contributed by atoms with Crippen molar-refractivity contribution in [2.45, 2.75) is 13.3 Å². The molecule has 0 unspecified atom stereocenters. The number of rotatable bonds is 4. The van der Waals surface area contributed by atoms with Crippen molar-refractivity contribution < 1.29 is 9.32 Å². The minimum absolute atomic E-state index is 0.190. The highest BCUT2D eigenvalue weighted by Gasteiger charge is 2.14. The summed E-state index contributed by atoms with van der Waals surface area (Å²) in [5.41, 5.74) is 2.80. The molecule has 6 heteroatoms. The Morgan fingerprint density at radius 1 is 1.08 bits per heavy atom. The van der Waals surface area contributed by atoms with E-state index in [1.807, 2.05) is 24.3 Å². The van der Waals surface area contributed by atoms with Gasteiger partial charge in [-0.25, -0.2) is 0 Å². The number of aryl methyl sites for hydroxylation is 1. The number of halogens is 2. The molecule has 1 N–H and O–H groups in total. The highest BCUT2D eigenvalue weighted by molar-refractivity contribution is 6.42. The van der Waals surface area contributed by atoms with Gasteiger partial charge in [-0.15, -0.1) is 0 Å². The fraction of sp³-hybridized carbons (Fsp3) is 0.111. The number of amides is 1. The van der Waals surface area contributed by atoms with E-state index in [0.717, 1.165) is 6.42 Å². The van der Waals surface area contributed by atoms with Crippen molar-refractivity contribution in [1.82, 2.24) is 5.16 Å². The summed E-state index contributed by atoms with van der Waals surface area (Å²) in [5.74, 6) is 0.106. The van der Waals surface area contributed by atoms with E-state index in [1.165, 1.54) is 5.56 Å². The molecule has 2 aromatic carbocycles. The summed E-state index contributed by atoms with van der Waals surface area (Å²) in [7, 11) is 0. The van der Waals surface area contributed by atoms with E-state index >= 15 is 0 Å². The molecule has 0 saturated carbocycles.